The number of benzene rings is 2. The van der Waals surface area contributed by atoms with Crippen molar-refractivity contribution in [2.75, 3.05) is 49.5 Å². The van der Waals surface area contributed by atoms with Crippen LogP contribution in [0.2, 0.25) is 5.02 Å². The molecule has 0 aromatic heterocycles. The minimum absolute atomic E-state index is 0.0149. The van der Waals surface area contributed by atoms with Crippen LogP contribution in [0.25, 0.3) is 0 Å². The molecule has 31 heavy (non-hydrogen) atoms. The standard InChI is InChI=1S/C22H25ClN4O4/c23-17-5-3-16(4-6-17)22(28)26-11-9-25(10-12-26)18-7-8-21(27(29)30)20(14-18)24-15-19-2-1-13-31-19/h3-8,14,19,24H,1-2,9-13,15H2/t19-/m0/s1. The van der Waals surface area contributed by atoms with Gasteiger partial charge in [0.25, 0.3) is 11.6 Å². The number of nitro groups is 1. The molecule has 0 aliphatic carbocycles. The Balaban J connectivity index is 1.41. The number of amides is 1. The molecular formula is C22H25ClN4O4. The molecule has 2 aliphatic rings. The van der Waals surface area contributed by atoms with Crippen LogP contribution in [0, 0.1) is 10.1 Å². The molecule has 2 fully saturated rings. The van der Waals surface area contributed by atoms with Crippen molar-refractivity contribution in [1.29, 1.82) is 0 Å². The molecule has 1 amide bonds. The normalized spacial score (nSPS) is 18.8. The molecule has 8 nitrogen and oxygen atoms in total. The Kier molecular flexibility index (Phi) is 6.58. The summed E-state index contributed by atoms with van der Waals surface area (Å²) in [5.74, 6) is -0.0149. The van der Waals surface area contributed by atoms with Crippen LogP contribution in [-0.4, -0.2) is 61.2 Å². The molecule has 164 valence electrons. The highest BCUT2D eigenvalue weighted by atomic mass is 35.5. The SMILES string of the molecule is O=C(c1ccc(Cl)cc1)N1CCN(c2ccc([N+](=O)[O-])c(NC[C@@H]3CCCO3)c2)CC1. The number of halogens is 1. The molecule has 9 heteroatoms. The molecular weight excluding hydrogens is 420 g/mol. The molecule has 0 bridgehead atoms. The van der Waals surface area contributed by atoms with E-state index >= 15 is 0 Å². The maximum atomic E-state index is 12.7. The Hall–Kier alpha value is -2.84. The van der Waals surface area contributed by atoms with E-state index in [4.69, 9.17) is 16.3 Å². The van der Waals surface area contributed by atoms with Gasteiger partial charge in [-0.15, -0.1) is 0 Å². The zero-order valence-corrected chi connectivity index (χ0v) is 17.9. The first kappa shape index (κ1) is 21.4. The molecule has 0 saturated carbocycles. The third-order valence-electron chi connectivity index (χ3n) is 5.74. The number of carbonyl (C=O) groups is 1. The summed E-state index contributed by atoms with van der Waals surface area (Å²) in [7, 11) is 0. The van der Waals surface area contributed by atoms with Crippen LogP contribution >= 0.6 is 11.6 Å². The third kappa shape index (κ3) is 5.08. The van der Waals surface area contributed by atoms with Crippen LogP contribution in [0.15, 0.2) is 42.5 Å². The van der Waals surface area contributed by atoms with Crippen molar-refractivity contribution >= 4 is 34.6 Å². The van der Waals surface area contributed by atoms with Gasteiger partial charge in [-0.1, -0.05) is 11.6 Å². The lowest BCUT2D eigenvalue weighted by atomic mass is 10.1. The van der Waals surface area contributed by atoms with E-state index in [9.17, 15) is 14.9 Å². The topological polar surface area (TPSA) is 88.0 Å². The Bertz CT molecular complexity index is 939. The van der Waals surface area contributed by atoms with Crippen LogP contribution in [-0.2, 0) is 4.74 Å². The first-order valence-electron chi connectivity index (χ1n) is 10.4. The molecule has 2 aromatic rings. The summed E-state index contributed by atoms with van der Waals surface area (Å²) in [5, 5.41) is 15.2. The summed E-state index contributed by atoms with van der Waals surface area (Å²) in [6, 6.07) is 12.0. The number of nitrogens with one attached hydrogen (secondary N) is 1. The van der Waals surface area contributed by atoms with Crippen molar-refractivity contribution in [2.24, 2.45) is 0 Å². The highest BCUT2D eigenvalue weighted by Crippen LogP contribution is 2.30. The number of hydrogen-bond donors (Lipinski definition) is 1. The Labute approximate surface area is 185 Å². The van der Waals surface area contributed by atoms with Gasteiger partial charge in [0.1, 0.15) is 5.69 Å². The third-order valence-corrected chi connectivity index (χ3v) is 6.00. The monoisotopic (exact) mass is 444 g/mol. The van der Waals surface area contributed by atoms with Crippen molar-refractivity contribution in [3.8, 4) is 0 Å². The fourth-order valence-corrected chi connectivity index (χ4v) is 4.12. The number of nitrogens with zero attached hydrogens (tertiary/aromatic N) is 3. The molecule has 2 saturated heterocycles. The lowest BCUT2D eigenvalue weighted by Gasteiger charge is -2.36. The maximum Gasteiger partial charge on any atom is 0.292 e. The summed E-state index contributed by atoms with van der Waals surface area (Å²) in [6.45, 7) is 3.76. The molecule has 0 spiro atoms. The lowest BCUT2D eigenvalue weighted by molar-refractivity contribution is -0.383. The predicted octanol–water partition coefficient (Wildman–Crippen LogP) is 3.80. The summed E-state index contributed by atoms with van der Waals surface area (Å²) >= 11 is 5.91. The second kappa shape index (κ2) is 9.53. The van der Waals surface area contributed by atoms with Gasteiger partial charge in [0, 0.05) is 61.7 Å². The first-order valence-corrected chi connectivity index (χ1v) is 10.8. The van der Waals surface area contributed by atoms with Crippen molar-refractivity contribution in [1.82, 2.24) is 4.90 Å². The summed E-state index contributed by atoms with van der Waals surface area (Å²) in [5.41, 5.74) is 2.07. The van der Waals surface area contributed by atoms with E-state index in [0.29, 0.717) is 49.0 Å². The van der Waals surface area contributed by atoms with Gasteiger partial charge in [-0.3, -0.25) is 14.9 Å². The van der Waals surface area contributed by atoms with E-state index in [1.165, 1.54) is 0 Å². The van der Waals surface area contributed by atoms with Crippen molar-refractivity contribution in [3.05, 3.63) is 63.2 Å². The van der Waals surface area contributed by atoms with Crippen LogP contribution < -0.4 is 10.2 Å². The molecule has 2 aromatic carbocycles. The number of rotatable bonds is 6. The van der Waals surface area contributed by atoms with E-state index in [2.05, 4.69) is 10.2 Å². The van der Waals surface area contributed by atoms with Gasteiger partial charge in [-0.05, 0) is 49.2 Å². The van der Waals surface area contributed by atoms with Crippen molar-refractivity contribution in [3.63, 3.8) is 0 Å². The highest BCUT2D eigenvalue weighted by molar-refractivity contribution is 6.30. The Morgan fingerprint density at radius 1 is 1.16 bits per heavy atom. The average molecular weight is 445 g/mol. The number of anilines is 2. The highest BCUT2D eigenvalue weighted by Gasteiger charge is 2.24. The van der Waals surface area contributed by atoms with Crippen LogP contribution in [0.5, 0.6) is 0 Å². The van der Waals surface area contributed by atoms with Gasteiger partial charge in [0.15, 0.2) is 0 Å². The van der Waals surface area contributed by atoms with Crippen LogP contribution in [0.1, 0.15) is 23.2 Å². The summed E-state index contributed by atoms with van der Waals surface area (Å²) in [4.78, 5) is 27.7. The van der Waals surface area contributed by atoms with Crippen LogP contribution in [0.4, 0.5) is 17.1 Å². The number of ether oxygens (including phenoxy) is 1. The van der Waals surface area contributed by atoms with Crippen molar-refractivity contribution < 1.29 is 14.5 Å². The molecule has 0 radical (unpaired) electrons. The summed E-state index contributed by atoms with van der Waals surface area (Å²) in [6.07, 6.45) is 2.07. The van der Waals surface area contributed by atoms with Gasteiger partial charge in [0.05, 0.1) is 11.0 Å². The molecule has 2 aliphatic heterocycles. The quantitative estimate of drug-likeness (QED) is 0.538. The summed E-state index contributed by atoms with van der Waals surface area (Å²) < 4.78 is 5.61. The minimum Gasteiger partial charge on any atom is -0.377 e. The van der Waals surface area contributed by atoms with Gasteiger partial charge < -0.3 is 19.9 Å². The minimum atomic E-state index is -0.371. The second-order valence-electron chi connectivity index (χ2n) is 7.76. The Morgan fingerprint density at radius 3 is 2.55 bits per heavy atom. The molecule has 2 heterocycles. The average Bonchev–Trinajstić information content (AvgIpc) is 3.31. The van der Waals surface area contributed by atoms with Crippen LogP contribution in [0.3, 0.4) is 0 Å². The smallest absolute Gasteiger partial charge is 0.292 e. The van der Waals surface area contributed by atoms with Gasteiger partial charge in [0.2, 0.25) is 0 Å². The number of nitro benzene ring substituents is 1. The van der Waals surface area contributed by atoms with E-state index in [1.54, 1.807) is 36.4 Å². The molecule has 4 rings (SSSR count). The lowest BCUT2D eigenvalue weighted by Crippen LogP contribution is -2.48. The number of carbonyl (C=O) groups excluding carboxylic acids is 1. The fourth-order valence-electron chi connectivity index (χ4n) is 3.99. The second-order valence-corrected chi connectivity index (χ2v) is 8.20. The Morgan fingerprint density at radius 2 is 1.90 bits per heavy atom. The molecule has 0 unspecified atom stereocenters. The van der Waals surface area contributed by atoms with E-state index in [0.717, 1.165) is 25.1 Å². The van der Waals surface area contributed by atoms with E-state index in [-0.39, 0.29) is 22.6 Å². The largest absolute Gasteiger partial charge is 0.377 e. The number of hydrogen-bond acceptors (Lipinski definition) is 6. The van der Waals surface area contributed by atoms with E-state index in [1.807, 2.05) is 11.0 Å². The zero-order chi connectivity index (χ0) is 21.8. The van der Waals surface area contributed by atoms with Gasteiger partial charge in [-0.2, -0.15) is 0 Å². The van der Waals surface area contributed by atoms with Crippen molar-refractivity contribution in [2.45, 2.75) is 18.9 Å². The predicted molar refractivity (Wildman–Crippen MR) is 120 cm³/mol. The molecule has 1 N–H and O–H groups in total. The molecule has 1 atom stereocenters. The van der Waals surface area contributed by atoms with Gasteiger partial charge in [-0.25, -0.2) is 0 Å². The first-order chi connectivity index (χ1) is 15.0. The van der Waals surface area contributed by atoms with Gasteiger partial charge >= 0.3 is 0 Å². The number of piperazine rings is 1. The maximum absolute atomic E-state index is 12.7. The zero-order valence-electron chi connectivity index (χ0n) is 17.1. The fraction of sp³-hybridized carbons (Fsp3) is 0.409. The van der Waals surface area contributed by atoms with E-state index < -0.39 is 0 Å².